The first-order chi connectivity index (χ1) is 12.1. The summed E-state index contributed by atoms with van der Waals surface area (Å²) in [7, 11) is 0. The van der Waals surface area contributed by atoms with Crippen LogP contribution in [0, 0.1) is 0 Å². The molecule has 8 nitrogen and oxygen atoms in total. The first-order valence-electron chi connectivity index (χ1n) is 9.00. The first-order valence-corrected chi connectivity index (χ1v) is 9.00. The van der Waals surface area contributed by atoms with Crippen LogP contribution in [0.1, 0.15) is 41.0 Å². The highest BCUT2D eigenvalue weighted by atomic mass is 16.9. The van der Waals surface area contributed by atoms with Crippen molar-refractivity contribution >= 4 is 5.97 Å². The molecule has 8 heteroatoms. The van der Waals surface area contributed by atoms with Gasteiger partial charge in [-0.25, -0.2) is 4.79 Å². The number of carbonyl (C=O) groups excluding carboxylic acids is 1. The SMILES string of the molecule is CCOC(=O)/C=C\C[C@@H](O)[C@H]1O[C@@H]2OC(C)(C)O[C@@H]2[C@H]2OC(C)(C)O[C@H]21. The van der Waals surface area contributed by atoms with E-state index in [1.54, 1.807) is 26.8 Å². The molecule has 0 bridgehead atoms. The van der Waals surface area contributed by atoms with E-state index in [0.717, 1.165) is 0 Å². The molecule has 0 aromatic heterocycles. The van der Waals surface area contributed by atoms with Gasteiger partial charge in [-0.1, -0.05) is 6.08 Å². The summed E-state index contributed by atoms with van der Waals surface area (Å²) in [4.78, 5) is 11.4. The molecule has 0 aromatic rings. The van der Waals surface area contributed by atoms with Crippen LogP contribution in [0.3, 0.4) is 0 Å². The Bertz CT molecular complexity index is 557. The van der Waals surface area contributed by atoms with E-state index in [2.05, 4.69) is 0 Å². The van der Waals surface area contributed by atoms with Crippen molar-refractivity contribution in [3.63, 3.8) is 0 Å². The maximum Gasteiger partial charge on any atom is 0.330 e. The molecule has 6 atom stereocenters. The smallest absolute Gasteiger partial charge is 0.330 e. The fraction of sp³-hybridized carbons (Fsp3) is 0.833. The molecule has 3 fully saturated rings. The molecule has 0 spiro atoms. The van der Waals surface area contributed by atoms with Crippen LogP contribution in [0.25, 0.3) is 0 Å². The van der Waals surface area contributed by atoms with Crippen LogP contribution in [0.15, 0.2) is 12.2 Å². The number of carbonyl (C=O) groups is 1. The second-order valence-electron chi connectivity index (χ2n) is 7.59. The van der Waals surface area contributed by atoms with Gasteiger partial charge in [-0.2, -0.15) is 0 Å². The summed E-state index contributed by atoms with van der Waals surface area (Å²) in [5.74, 6) is -2.07. The molecule has 3 heterocycles. The zero-order valence-corrected chi connectivity index (χ0v) is 15.8. The summed E-state index contributed by atoms with van der Waals surface area (Å²) in [6, 6.07) is 0. The van der Waals surface area contributed by atoms with E-state index in [-0.39, 0.29) is 6.42 Å². The van der Waals surface area contributed by atoms with Gasteiger partial charge in [0.15, 0.2) is 17.9 Å². The van der Waals surface area contributed by atoms with Gasteiger partial charge in [0.25, 0.3) is 0 Å². The maximum absolute atomic E-state index is 11.4. The minimum absolute atomic E-state index is 0.206. The van der Waals surface area contributed by atoms with Gasteiger partial charge in [0.05, 0.1) is 12.7 Å². The zero-order chi connectivity index (χ0) is 19.1. The Morgan fingerprint density at radius 2 is 1.69 bits per heavy atom. The van der Waals surface area contributed by atoms with E-state index in [1.807, 2.05) is 13.8 Å². The van der Waals surface area contributed by atoms with Crippen LogP contribution in [-0.4, -0.2) is 66.1 Å². The zero-order valence-electron chi connectivity index (χ0n) is 15.8. The van der Waals surface area contributed by atoms with Gasteiger partial charge in [0.2, 0.25) is 0 Å². The van der Waals surface area contributed by atoms with E-state index in [4.69, 9.17) is 28.4 Å². The second-order valence-corrected chi connectivity index (χ2v) is 7.59. The third kappa shape index (κ3) is 4.11. The summed E-state index contributed by atoms with van der Waals surface area (Å²) in [6.45, 7) is 9.27. The summed E-state index contributed by atoms with van der Waals surface area (Å²) in [6.07, 6.45) is -0.528. The molecule has 148 valence electrons. The fourth-order valence-corrected chi connectivity index (χ4v) is 3.58. The van der Waals surface area contributed by atoms with Gasteiger partial charge in [0.1, 0.15) is 24.4 Å². The van der Waals surface area contributed by atoms with Crippen molar-refractivity contribution in [2.24, 2.45) is 0 Å². The normalized spacial score (nSPS) is 38.8. The Kier molecular flexibility index (Phi) is 5.45. The van der Waals surface area contributed by atoms with Crippen molar-refractivity contribution in [2.45, 2.75) is 89.4 Å². The quantitative estimate of drug-likeness (QED) is 0.569. The molecule has 0 aliphatic carbocycles. The molecule has 3 rings (SSSR count). The van der Waals surface area contributed by atoms with Crippen LogP contribution < -0.4 is 0 Å². The number of aliphatic hydroxyl groups excluding tert-OH is 1. The first kappa shape index (κ1) is 19.7. The van der Waals surface area contributed by atoms with Crippen LogP contribution >= 0.6 is 0 Å². The van der Waals surface area contributed by atoms with Gasteiger partial charge in [-0.05, 0) is 41.0 Å². The van der Waals surface area contributed by atoms with E-state index in [9.17, 15) is 9.90 Å². The molecular formula is C18H28O8. The van der Waals surface area contributed by atoms with Gasteiger partial charge >= 0.3 is 5.97 Å². The van der Waals surface area contributed by atoms with Crippen molar-refractivity contribution in [3.8, 4) is 0 Å². The Morgan fingerprint density at radius 1 is 1.08 bits per heavy atom. The molecule has 0 amide bonds. The lowest BCUT2D eigenvalue weighted by Gasteiger charge is -2.39. The van der Waals surface area contributed by atoms with Crippen molar-refractivity contribution in [1.29, 1.82) is 0 Å². The third-order valence-corrected chi connectivity index (χ3v) is 4.49. The summed E-state index contributed by atoms with van der Waals surface area (Å²) < 4.78 is 34.5. The number of rotatable bonds is 5. The van der Waals surface area contributed by atoms with Gasteiger partial charge in [-0.3, -0.25) is 0 Å². The molecule has 1 N–H and O–H groups in total. The second kappa shape index (κ2) is 7.18. The van der Waals surface area contributed by atoms with Crippen molar-refractivity contribution in [1.82, 2.24) is 0 Å². The molecule has 0 aromatic carbocycles. The fourth-order valence-electron chi connectivity index (χ4n) is 3.58. The molecule has 0 unspecified atom stereocenters. The number of hydrogen-bond acceptors (Lipinski definition) is 8. The number of esters is 1. The highest BCUT2D eigenvalue weighted by Gasteiger charge is 2.61. The Balaban J connectivity index is 1.71. The number of aliphatic hydroxyl groups is 1. The van der Waals surface area contributed by atoms with Crippen molar-refractivity contribution in [3.05, 3.63) is 12.2 Å². The molecule has 26 heavy (non-hydrogen) atoms. The van der Waals surface area contributed by atoms with E-state index in [0.29, 0.717) is 6.61 Å². The standard InChI is InChI=1S/C18H28O8/c1-6-21-11(20)9-7-8-10(19)12-13-14(24-17(2,3)23-13)15-16(22-12)26-18(4,5)25-15/h7,9-10,12-16,19H,6,8H2,1-5H3/b9-7-/t10-,12-,13+,14+,15-,16-/m1/s1. The van der Waals surface area contributed by atoms with E-state index < -0.39 is 54.4 Å². The van der Waals surface area contributed by atoms with Gasteiger partial charge in [0, 0.05) is 6.08 Å². The Morgan fingerprint density at radius 3 is 2.38 bits per heavy atom. The molecule has 0 saturated carbocycles. The predicted molar refractivity (Wildman–Crippen MR) is 88.9 cm³/mol. The average Bonchev–Trinajstić information content (AvgIpc) is 3.00. The van der Waals surface area contributed by atoms with Crippen LogP contribution in [-0.2, 0) is 33.2 Å². The third-order valence-electron chi connectivity index (χ3n) is 4.49. The monoisotopic (exact) mass is 372 g/mol. The van der Waals surface area contributed by atoms with E-state index >= 15 is 0 Å². The number of ether oxygens (including phenoxy) is 6. The molecular weight excluding hydrogens is 344 g/mol. The minimum Gasteiger partial charge on any atom is -0.463 e. The lowest BCUT2D eigenvalue weighted by Crippen LogP contribution is -2.58. The van der Waals surface area contributed by atoms with Crippen molar-refractivity contribution < 1.29 is 38.3 Å². The summed E-state index contributed by atoms with van der Waals surface area (Å²) >= 11 is 0. The number of fused-ring (bicyclic) bond motifs is 3. The summed E-state index contributed by atoms with van der Waals surface area (Å²) in [5, 5.41) is 10.6. The topological polar surface area (TPSA) is 92.7 Å². The molecule has 3 aliphatic rings. The van der Waals surface area contributed by atoms with Gasteiger partial charge in [-0.15, -0.1) is 0 Å². The maximum atomic E-state index is 11.4. The van der Waals surface area contributed by atoms with Crippen LogP contribution in [0.4, 0.5) is 0 Å². The molecule has 0 radical (unpaired) electrons. The lowest BCUT2D eigenvalue weighted by atomic mass is 9.94. The number of hydrogen-bond donors (Lipinski definition) is 1. The predicted octanol–water partition coefficient (Wildman–Crippen LogP) is 1.25. The van der Waals surface area contributed by atoms with Gasteiger partial charge < -0.3 is 33.5 Å². The molecule has 3 aliphatic heterocycles. The van der Waals surface area contributed by atoms with Crippen LogP contribution in [0.5, 0.6) is 0 Å². The Labute approximate surface area is 153 Å². The summed E-state index contributed by atoms with van der Waals surface area (Å²) in [5.41, 5.74) is 0. The highest BCUT2D eigenvalue weighted by Crippen LogP contribution is 2.44. The van der Waals surface area contributed by atoms with E-state index in [1.165, 1.54) is 6.08 Å². The minimum atomic E-state index is -0.904. The van der Waals surface area contributed by atoms with Crippen molar-refractivity contribution in [2.75, 3.05) is 6.61 Å². The van der Waals surface area contributed by atoms with Crippen LogP contribution in [0.2, 0.25) is 0 Å². The largest absolute Gasteiger partial charge is 0.463 e. The highest BCUT2D eigenvalue weighted by molar-refractivity contribution is 5.81. The lowest BCUT2D eigenvalue weighted by molar-refractivity contribution is -0.252. The molecule has 3 saturated heterocycles. The Hall–Kier alpha value is -1.03. The average molecular weight is 372 g/mol.